The first-order chi connectivity index (χ1) is 8.97. The maximum Gasteiger partial charge on any atom is 0.171 e. The zero-order valence-corrected chi connectivity index (χ0v) is 11.6. The van der Waals surface area contributed by atoms with Crippen molar-refractivity contribution < 1.29 is 14.2 Å². The van der Waals surface area contributed by atoms with Crippen molar-refractivity contribution in [3.05, 3.63) is 46.0 Å². The third-order valence-corrected chi connectivity index (χ3v) is 3.43. The topological polar surface area (TPSA) is 47.3 Å². The van der Waals surface area contributed by atoms with Gasteiger partial charge in [-0.3, -0.25) is 4.68 Å². The van der Waals surface area contributed by atoms with Gasteiger partial charge in [-0.2, -0.15) is 5.10 Å². The molecule has 0 amide bonds. The van der Waals surface area contributed by atoms with Crippen LogP contribution in [0.15, 0.2) is 18.2 Å². The van der Waals surface area contributed by atoms with Crippen LogP contribution in [0.4, 0.5) is 4.39 Å². The highest BCUT2D eigenvalue weighted by molar-refractivity contribution is 6.30. The van der Waals surface area contributed by atoms with Crippen LogP contribution in [-0.4, -0.2) is 22.0 Å². The summed E-state index contributed by atoms with van der Waals surface area (Å²) < 4.78 is 20.5. The summed E-state index contributed by atoms with van der Waals surface area (Å²) in [5, 5.41) is 14.7. The average Bonchev–Trinajstić information content (AvgIpc) is 2.63. The quantitative estimate of drug-likeness (QED) is 0.942. The number of nitrogens with zero attached hydrogens (tertiary/aromatic N) is 2. The molecular formula is C13H14ClFN2O2. The van der Waals surface area contributed by atoms with E-state index in [4.69, 9.17) is 16.3 Å². The fourth-order valence-electron chi connectivity index (χ4n) is 2.01. The molecule has 1 atom stereocenters. The van der Waals surface area contributed by atoms with Gasteiger partial charge in [0, 0.05) is 18.2 Å². The van der Waals surface area contributed by atoms with Crippen molar-refractivity contribution in [3.8, 4) is 5.75 Å². The van der Waals surface area contributed by atoms with Crippen LogP contribution in [0.1, 0.15) is 22.9 Å². The first-order valence-corrected chi connectivity index (χ1v) is 6.04. The molecule has 0 spiro atoms. The molecule has 0 aliphatic carbocycles. The summed E-state index contributed by atoms with van der Waals surface area (Å²) >= 11 is 6.07. The van der Waals surface area contributed by atoms with Crippen molar-refractivity contribution >= 4 is 11.6 Å². The number of aromatic nitrogens is 2. The maximum atomic E-state index is 14.1. The largest absolute Gasteiger partial charge is 0.494 e. The van der Waals surface area contributed by atoms with Gasteiger partial charge in [-0.1, -0.05) is 23.7 Å². The molecule has 1 unspecified atom stereocenters. The second kappa shape index (κ2) is 5.19. The molecule has 1 aromatic carbocycles. The van der Waals surface area contributed by atoms with E-state index in [1.54, 1.807) is 20.0 Å². The van der Waals surface area contributed by atoms with E-state index in [0.29, 0.717) is 11.3 Å². The minimum atomic E-state index is -1.18. The van der Waals surface area contributed by atoms with Crippen LogP contribution < -0.4 is 4.74 Å². The van der Waals surface area contributed by atoms with Gasteiger partial charge in [0.05, 0.1) is 12.8 Å². The third-order valence-electron chi connectivity index (χ3n) is 2.98. The van der Waals surface area contributed by atoms with Crippen LogP contribution in [0.3, 0.4) is 0 Å². The van der Waals surface area contributed by atoms with Gasteiger partial charge >= 0.3 is 0 Å². The lowest BCUT2D eigenvalue weighted by atomic mass is 10.0. The fraction of sp³-hybridized carbons (Fsp3) is 0.308. The summed E-state index contributed by atoms with van der Waals surface area (Å²) in [5.74, 6) is -0.522. The standard InChI is InChI=1S/C13H14ClFN2O2/c1-7-10(13(14)17(2)16-7)12(18)8-5-4-6-9(19-3)11(8)15/h4-6,12,18H,1-3H3. The van der Waals surface area contributed by atoms with Crippen LogP contribution in [0, 0.1) is 12.7 Å². The fourth-order valence-corrected chi connectivity index (χ4v) is 2.29. The molecule has 0 radical (unpaired) electrons. The summed E-state index contributed by atoms with van der Waals surface area (Å²) in [4.78, 5) is 0. The second-order valence-electron chi connectivity index (χ2n) is 4.18. The summed E-state index contributed by atoms with van der Waals surface area (Å²) in [6, 6.07) is 4.59. The Morgan fingerprint density at radius 3 is 2.68 bits per heavy atom. The zero-order valence-electron chi connectivity index (χ0n) is 10.8. The van der Waals surface area contributed by atoms with Gasteiger partial charge in [0.15, 0.2) is 11.6 Å². The lowest BCUT2D eigenvalue weighted by Gasteiger charge is -2.13. The van der Waals surface area contributed by atoms with Gasteiger partial charge in [0.25, 0.3) is 0 Å². The number of benzene rings is 1. The monoisotopic (exact) mass is 284 g/mol. The van der Waals surface area contributed by atoms with Crippen molar-refractivity contribution in [1.82, 2.24) is 9.78 Å². The zero-order chi connectivity index (χ0) is 14.2. The minimum Gasteiger partial charge on any atom is -0.494 e. The average molecular weight is 285 g/mol. The highest BCUT2D eigenvalue weighted by Gasteiger charge is 2.24. The molecule has 1 aromatic heterocycles. The molecule has 19 heavy (non-hydrogen) atoms. The number of aryl methyl sites for hydroxylation is 2. The Hall–Kier alpha value is -1.59. The molecule has 2 aromatic rings. The second-order valence-corrected chi connectivity index (χ2v) is 4.54. The molecule has 1 N–H and O–H groups in total. The van der Waals surface area contributed by atoms with Crippen molar-refractivity contribution in [1.29, 1.82) is 0 Å². The molecule has 0 aliphatic heterocycles. The van der Waals surface area contributed by atoms with E-state index in [0.717, 1.165) is 0 Å². The van der Waals surface area contributed by atoms with Crippen LogP contribution in [0.5, 0.6) is 5.75 Å². The molecule has 0 bridgehead atoms. The predicted octanol–water partition coefficient (Wildman–Crippen LogP) is 2.61. The SMILES string of the molecule is COc1cccc(C(O)c2c(C)nn(C)c2Cl)c1F. The molecule has 4 nitrogen and oxygen atoms in total. The molecule has 0 saturated carbocycles. The van der Waals surface area contributed by atoms with E-state index in [2.05, 4.69) is 5.10 Å². The number of hydrogen-bond donors (Lipinski definition) is 1. The van der Waals surface area contributed by atoms with E-state index in [-0.39, 0.29) is 16.5 Å². The highest BCUT2D eigenvalue weighted by Crippen LogP contribution is 2.34. The molecule has 0 aliphatic rings. The lowest BCUT2D eigenvalue weighted by molar-refractivity contribution is 0.212. The van der Waals surface area contributed by atoms with E-state index < -0.39 is 11.9 Å². The van der Waals surface area contributed by atoms with Gasteiger partial charge in [0.2, 0.25) is 0 Å². The van der Waals surface area contributed by atoms with Crippen LogP contribution in [0.25, 0.3) is 0 Å². The Bertz CT molecular complexity index is 613. The molecule has 2 rings (SSSR count). The van der Waals surface area contributed by atoms with Crippen molar-refractivity contribution in [2.45, 2.75) is 13.0 Å². The smallest absolute Gasteiger partial charge is 0.171 e. The summed E-state index contributed by atoms with van der Waals surface area (Å²) in [5.41, 5.74) is 1.07. The first-order valence-electron chi connectivity index (χ1n) is 5.66. The first kappa shape index (κ1) is 13.8. The lowest BCUT2D eigenvalue weighted by Crippen LogP contribution is -2.05. The van der Waals surface area contributed by atoms with Gasteiger partial charge in [-0.15, -0.1) is 0 Å². The van der Waals surface area contributed by atoms with Gasteiger partial charge in [-0.25, -0.2) is 4.39 Å². The van der Waals surface area contributed by atoms with Gasteiger partial charge in [-0.05, 0) is 13.0 Å². The number of rotatable bonds is 3. The maximum absolute atomic E-state index is 14.1. The van der Waals surface area contributed by atoms with E-state index >= 15 is 0 Å². The Balaban J connectivity index is 2.53. The van der Waals surface area contributed by atoms with Gasteiger partial charge < -0.3 is 9.84 Å². The van der Waals surface area contributed by atoms with Crippen LogP contribution in [0.2, 0.25) is 5.15 Å². The van der Waals surface area contributed by atoms with Crippen LogP contribution >= 0.6 is 11.6 Å². The molecule has 1 heterocycles. The number of aliphatic hydroxyl groups is 1. The molecule has 0 saturated heterocycles. The summed E-state index contributed by atoms with van der Waals surface area (Å²) in [6.45, 7) is 1.71. The summed E-state index contributed by atoms with van der Waals surface area (Å²) in [6.07, 6.45) is -1.18. The molecule has 6 heteroatoms. The van der Waals surface area contributed by atoms with Crippen LogP contribution in [-0.2, 0) is 7.05 Å². The molecule has 0 fully saturated rings. The van der Waals surface area contributed by atoms with E-state index in [1.165, 1.54) is 23.9 Å². The predicted molar refractivity (Wildman–Crippen MR) is 70.0 cm³/mol. The number of halogens is 2. The normalized spacial score (nSPS) is 12.5. The van der Waals surface area contributed by atoms with E-state index in [9.17, 15) is 9.50 Å². The Morgan fingerprint density at radius 2 is 2.16 bits per heavy atom. The van der Waals surface area contributed by atoms with E-state index in [1.807, 2.05) is 0 Å². The third kappa shape index (κ3) is 2.31. The van der Waals surface area contributed by atoms with Crippen molar-refractivity contribution in [2.75, 3.05) is 7.11 Å². The minimum absolute atomic E-state index is 0.0780. The number of aliphatic hydroxyl groups excluding tert-OH is 1. The number of ether oxygens (including phenoxy) is 1. The number of methoxy groups -OCH3 is 1. The highest BCUT2D eigenvalue weighted by atomic mass is 35.5. The van der Waals surface area contributed by atoms with Crippen molar-refractivity contribution in [3.63, 3.8) is 0 Å². The Kier molecular flexibility index (Phi) is 3.78. The van der Waals surface area contributed by atoms with Crippen molar-refractivity contribution in [2.24, 2.45) is 7.05 Å². The summed E-state index contributed by atoms with van der Waals surface area (Å²) in [7, 11) is 3.03. The Labute approximate surface area is 115 Å². The molecular weight excluding hydrogens is 271 g/mol. The Morgan fingerprint density at radius 1 is 1.47 bits per heavy atom. The molecule has 102 valence electrons. The number of hydrogen-bond acceptors (Lipinski definition) is 3. The van der Waals surface area contributed by atoms with Gasteiger partial charge in [0.1, 0.15) is 11.3 Å².